The molecule has 0 aromatic heterocycles. The van der Waals surface area contributed by atoms with Crippen molar-refractivity contribution in [3.8, 4) is 0 Å². The molecule has 3 heteroatoms. The molecule has 3 nitrogen and oxygen atoms in total. The molecular formula is C16H23NO2. The highest BCUT2D eigenvalue weighted by Crippen LogP contribution is 2.25. The van der Waals surface area contributed by atoms with Crippen LogP contribution in [0.5, 0.6) is 0 Å². The van der Waals surface area contributed by atoms with Crippen LogP contribution in [0.1, 0.15) is 31.7 Å². The van der Waals surface area contributed by atoms with E-state index in [2.05, 4.69) is 24.0 Å². The van der Waals surface area contributed by atoms with Crippen molar-refractivity contribution in [2.24, 2.45) is 5.92 Å². The highest BCUT2D eigenvalue weighted by molar-refractivity contribution is 5.73. The lowest BCUT2D eigenvalue weighted by Gasteiger charge is -2.36. The number of rotatable bonds is 5. The van der Waals surface area contributed by atoms with Crippen molar-refractivity contribution in [2.75, 3.05) is 13.1 Å². The summed E-state index contributed by atoms with van der Waals surface area (Å²) in [6, 6.07) is 10.0. The van der Waals surface area contributed by atoms with Crippen molar-refractivity contribution in [1.29, 1.82) is 0 Å². The maximum atomic E-state index is 11.4. The molecule has 0 amide bonds. The van der Waals surface area contributed by atoms with E-state index >= 15 is 0 Å². The number of nitrogens with zero attached hydrogens (tertiary/aromatic N) is 1. The average molecular weight is 261 g/mol. The third kappa shape index (κ3) is 3.80. The van der Waals surface area contributed by atoms with Gasteiger partial charge in [0, 0.05) is 6.54 Å². The molecule has 1 fully saturated rings. The molecule has 1 heterocycles. The molecule has 1 aliphatic heterocycles. The van der Waals surface area contributed by atoms with E-state index in [9.17, 15) is 9.90 Å². The summed E-state index contributed by atoms with van der Waals surface area (Å²) in [5.41, 5.74) is 1.28. The Hall–Kier alpha value is -1.35. The number of carboxylic acids is 1. The van der Waals surface area contributed by atoms with Gasteiger partial charge in [0.15, 0.2) is 0 Å². The minimum atomic E-state index is -0.661. The van der Waals surface area contributed by atoms with Gasteiger partial charge >= 0.3 is 5.97 Å². The molecule has 0 radical (unpaired) electrons. The number of piperidine rings is 1. The first-order chi connectivity index (χ1) is 9.20. The van der Waals surface area contributed by atoms with E-state index in [-0.39, 0.29) is 6.04 Å². The van der Waals surface area contributed by atoms with Gasteiger partial charge in [0.1, 0.15) is 6.04 Å². The summed E-state index contributed by atoms with van der Waals surface area (Å²) in [6.45, 7) is 3.92. The van der Waals surface area contributed by atoms with Gasteiger partial charge in [-0.25, -0.2) is 0 Å². The van der Waals surface area contributed by atoms with E-state index in [0.29, 0.717) is 5.92 Å². The monoisotopic (exact) mass is 261 g/mol. The smallest absolute Gasteiger partial charge is 0.320 e. The molecule has 0 spiro atoms. The number of aliphatic carboxylic acids is 1. The van der Waals surface area contributed by atoms with Crippen LogP contribution in [-0.4, -0.2) is 35.1 Å². The summed E-state index contributed by atoms with van der Waals surface area (Å²) in [5, 5.41) is 9.38. The third-order valence-corrected chi connectivity index (χ3v) is 4.21. The average Bonchev–Trinajstić information content (AvgIpc) is 2.46. The highest BCUT2D eigenvalue weighted by atomic mass is 16.4. The Morgan fingerprint density at radius 2 is 2.11 bits per heavy atom. The quantitative estimate of drug-likeness (QED) is 0.886. The van der Waals surface area contributed by atoms with E-state index < -0.39 is 5.97 Å². The molecule has 2 unspecified atom stereocenters. The fourth-order valence-electron chi connectivity index (χ4n) is 2.90. The lowest BCUT2D eigenvalue weighted by atomic mass is 9.88. The predicted octanol–water partition coefficient (Wildman–Crippen LogP) is 2.80. The Balaban J connectivity index is 1.93. The largest absolute Gasteiger partial charge is 0.480 e. The van der Waals surface area contributed by atoms with Crippen LogP contribution in [0.2, 0.25) is 0 Å². The van der Waals surface area contributed by atoms with Crippen LogP contribution >= 0.6 is 0 Å². The Morgan fingerprint density at radius 3 is 2.74 bits per heavy atom. The van der Waals surface area contributed by atoms with Crippen LogP contribution in [0, 0.1) is 5.92 Å². The number of likely N-dealkylation sites (tertiary alicyclic amines) is 1. The molecule has 1 aromatic carbocycles. The van der Waals surface area contributed by atoms with Gasteiger partial charge in [0.25, 0.3) is 0 Å². The number of carboxylic acid groups (broad SMARTS) is 1. The fraction of sp³-hybridized carbons (Fsp3) is 0.562. The Kier molecular flexibility index (Phi) is 4.97. The lowest BCUT2D eigenvalue weighted by molar-refractivity contribution is -0.145. The summed E-state index contributed by atoms with van der Waals surface area (Å²) < 4.78 is 0. The summed E-state index contributed by atoms with van der Waals surface area (Å²) in [5.74, 6) is -0.0831. The predicted molar refractivity (Wildman–Crippen MR) is 76.2 cm³/mol. The van der Waals surface area contributed by atoms with E-state index in [1.807, 2.05) is 18.2 Å². The SMILES string of the molecule is CCC1CCN(CCc2ccccc2)C(C(=O)O)C1. The van der Waals surface area contributed by atoms with Gasteiger partial charge in [0.2, 0.25) is 0 Å². The topological polar surface area (TPSA) is 40.5 Å². The van der Waals surface area contributed by atoms with Crippen molar-refractivity contribution < 1.29 is 9.90 Å². The maximum absolute atomic E-state index is 11.4. The van der Waals surface area contributed by atoms with E-state index in [4.69, 9.17) is 0 Å². The number of benzene rings is 1. The zero-order valence-corrected chi connectivity index (χ0v) is 11.6. The summed E-state index contributed by atoms with van der Waals surface area (Å²) in [7, 11) is 0. The molecule has 104 valence electrons. The van der Waals surface area contributed by atoms with Crippen molar-refractivity contribution >= 4 is 5.97 Å². The number of hydrogen-bond acceptors (Lipinski definition) is 2. The van der Waals surface area contributed by atoms with Gasteiger partial charge in [-0.1, -0.05) is 43.7 Å². The second kappa shape index (κ2) is 6.71. The lowest BCUT2D eigenvalue weighted by Crippen LogP contribution is -2.47. The molecule has 1 aromatic rings. The minimum absolute atomic E-state index is 0.289. The molecule has 1 saturated heterocycles. The van der Waals surface area contributed by atoms with Crippen LogP contribution < -0.4 is 0 Å². The molecular weight excluding hydrogens is 238 g/mol. The number of hydrogen-bond donors (Lipinski definition) is 1. The van der Waals surface area contributed by atoms with Crippen molar-refractivity contribution in [1.82, 2.24) is 4.90 Å². The Bertz CT molecular complexity index is 404. The second-order valence-corrected chi connectivity index (χ2v) is 5.42. The summed E-state index contributed by atoms with van der Waals surface area (Å²) in [4.78, 5) is 13.5. The van der Waals surface area contributed by atoms with Gasteiger partial charge in [-0.15, -0.1) is 0 Å². The standard InChI is InChI=1S/C16H23NO2/c1-2-13-8-10-17(15(12-13)16(18)19)11-9-14-6-4-3-5-7-14/h3-7,13,15H,2,8-12H2,1H3,(H,18,19). The first kappa shape index (κ1) is 14.1. The van der Waals surface area contributed by atoms with Crippen LogP contribution in [0.15, 0.2) is 30.3 Å². The Morgan fingerprint density at radius 1 is 1.37 bits per heavy atom. The molecule has 0 aliphatic carbocycles. The van der Waals surface area contributed by atoms with Crippen LogP contribution in [0.4, 0.5) is 0 Å². The second-order valence-electron chi connectivity index (χ2n) is 5.42. The normalized spacial score (nSPS) is 24.3. The minimum Gasteiger partial charge on any atom is -0.480 e. The Labute approximate surface area is 115 Å². The van der Waals surface area contributed by atoms with Crippen molar-refractivity contribution in [3.63, 3.8) is 0 Å². The van der Waals surface area contributed by atoms with E-state index in [1.54, 1.807) is 0 Å². The fourth-order valence-corrected chi connectivity index (χ4v) is 2.90. The zero-order valence-electron chi connectivity index (χ0n) is 11.6. The molecule has 1 N–H and O–H groups in total. The molecule has 2 rings (SSSR count). The summed E-state index contributed by atoms with van der Waals surface area (Å²) in [6.07, 6.45) is 3.97. The maximum Gasteiger partial charge on any atom is 0.320 e. The highest BCUT2D eigenvalue weighted by Gasteiger charge is 2.32. The van der Waals surface area contributed by atoms with E-state index in [0.717, 1.165) is 38.8 Å². The zero-order chi connectivity index (χ0) is 13.7. The van der Waals surface area contributed by atoms with Gasteiger partial charge in [-0.3, -0.25) is 9.69 Å². The van der Waals surface area contributed by atoms with E-state index in [1.165, 1.54) is 5.56 Å². The van der Waals surface area contributed by atoms with Crippen LogP contribution in [0.3, 0.4) is 0 Å². The van der Waals surface area contributed by atoms with Crippen molar-refractivity contribution in [2.45, 2.75) is 38.6 Å². The molecule has 0 bridgehead atoms. The first-order valence-corrected chi connectivity index (χ1v) is 7.21. The molecule has 1 aliphatic rings. The number of carbonyl (C=O) groups is 1. The van der Waals surface area contributed by atoms with Gasteiger partial charge in [-0.05, 0) is 37.3 Å². The third-order valence-electron chi connectivity index (χ3n) is 4.21. The van der Waals surface area contributed by atoms with Gasteiger partial charge in [0.05, 0.1) is 0 Å². The molecule has 2 atom stereocenters. The molecule has 0 saturated carbocycles. The first-order valence-electron chi connectivity index (χ1n) is 7.21. The molecule has 19 heavy (non-hydrogen) atoms. The van der Waals surface area contributed by atoms with Gasteiger partial charge < -0.3 is 5.11 Å². The van der Waals surface area contributed by atoms with Gasteiger partial charge in [-0.2, -0.15) is 0 Å². The van der Waals surface area contributed by atoms with Crippen LogP contribution in [-0.2, 0) is 11.2 Å². The van der Waals surface area contributed by atoms with Crippen molar-refractivity contribution in [3.05, 3.63) is 35.9 Å². The summed E-state index contributed by atoms with van der Waals surface area (Å²) >= 11 is 0. The van der Waals surface area contributed by atoms with Crippen LogP contribution in [0.25, 0.3) is 0 Å².